The fourth-order valence-electron chi connectivity index (χ4n) is 4.21. The lowest BCUT2D eigenvalue weighted by atomic mass is 10.1. The lowest BCUT2D eigenvalue weighted by Crippen LogP contribution is -2.35. The van der Waals surface area contributed by atoms with Gasteiger partial charge in [0.25, 0.3) is 0 Å². The van der Waals surface area contributed by atoms with E-state index >= 15 is 0 Å². The smallest absolute Gasteiger partial charge is 0.204 e. The third-order valence-corrected chi connectivity index (χ3v) is 11.0. The fourth-order valence-corrected chi connectivity index (χ4v) is 9.36. The molecule has 0 saturated heterocycles. The van der Waals surface area contributed by atoms with Crippen LogP contribution in [0.3, 0.4) is 0 Å². The average Bonchev–Trinajstić information content (AvgIpc) is 2.79. The molecule has 0 aliphatic rings. The summed E-state index contributed by atoms with van der Waals surface area (Å²) in [6.45, 7) is 7.59. The Balaban J connectivity index is 2.16. The molecule has 3 aromatic carbocycles. The van der Waals surface area contributed by atoms with Crippen molar-refractivity contribution in [3.05, 3.63) is 90.5 Å². The lowest BCUT2D eigenvalue weighted by molar-refractivity contribution is 0.327. The highest BCUT2D eigenvalue weighted by Crippen LogP contribution is 2.56. The summed E-state index contributed by atoms with van der Waals surface area (Å²) in [6.07, 6.45) is 5.86. The molecule has 3 aromatic rings. The summed E-state index contributed by atoms with van der Waals surface area (Å²) < 4.78 is 6.06. The first-order valence-electron chi connectivity index (χ1n) is 11.2. The minimum atomic E-state index is -1.76. The zero-order chi connectivity index (χ0) is 21.2. The van der Waals surface area contributed by atoms with Gasteiger partial charge in [-0.1, -0.05) is 67.9 Å². The summed E-state index contributed by atoms with van der Waals surface area (Å²) in [6, 6.07) is 31.7. The summed E-state index contributed by atoms with van der Waals surface area (Å²) in [4.78, 5) is 0. The molecule has 30 heavy (non-hydrogen) atoms. The van der Waals surface area contributed by atoms with Gasteiger partial charge in [0, 0.05) is 13.0 Å². The van der Waals surface area contributed by atoms with Crippen molar-refractivity contribution in [3.63, 3.8) is 0 Å². The molecule has 0 fully saturated rings. The minimum Gasteiger partial charge on any atom is -0.417 e. The molecule has 1 nitrogen and oxygen atoms in total. The van der Waals surface area contributed by atoms with Crippen molar-refractivity contribution in [1.29, 1.82) is 0 Å². The van der Waals surface area contributed by atoms with E-state index in [0.717, 1.165) is 25.6 Å². The molecule has 0 aliphatic heterocycles. The average molecular weight is 435 g/mol. The van der Waals surface area contributed by atoms with E-state index in [1.807, 2.05) is 0 Å². The summed E-state index contributed by atoms with van der Waals surface area (Å²) in [5, 5.41) is 4.53. The maximum Gasteiger partial charge on any atom is 0.204 e. The van der Waals surface area contributed by atoms with Gasteiger partial charge in [0.15, 0.2) is 0 Å². The van der Waals surface area contributed by atoms with E-state index in [9.17, 15) is 0 Å². The summed E-state index contributed by atoms with van der Waals surface area (Å²) in [5.41, 5.74) is 1.53. The molecule has 0 amide bonds. The van der Waals surface area contributed by atoms with Crippen LogP contribution in [0.15, 0.2) is 84.9 Å². The monoisotopic (exact) mass is 434 g/mol. The molecule has 0 aliphatic carbocycles. The molecule has 157 valence electrons. The first kappa shape index (κ1) is 22.9. The van der Waals surface area contributed by atoms with Crippen LogP contribution in [0.25, 0.3) is 0 Å². The van der Waals surface area contributed by atoms with Gasteiger partial charge in [0.2, 0.25) is 9.04 Å². The van der Waals surface area contributed by atoms with Gasteiger partial charge in [0.1, 0.15) is 23.2 Å². The zero-order valence-electron chi connectivity index (χ0n) is 18.7. The molecule has 3 heteroatoms. The van der Waals surface area contributed by atoms with Gasteiger partial charge < -0.3 is 4.43 Å². The molecule has 0 aromatic heterocycles. The minimum absolute atomic E-state index is 0.652. The Bertz CT molecular complexity index is 840. The van der Waals surface area contributed by atoms with Crippen molar-refractivity contribution in [2.45, 2.75) is 45.7 Å². The number of aryl methyl sites for hydroxylation is 1. The van der Waals surface area contributed by atoms with Crippen molar-refractivity contribution < 1.29 is 4.43 Å². The lowest BCUT2D eigenvalue weighted by Gasteiger charge is -2.29. The summed E-state index contributed by atoms with van der Waals surface area (Å²) in [5.74, 6) is 0. The van der Waals surface area contributed by atoms with Crippen molar-refractivity contribution in [2.75, 3.05) is 12.8 Å². The molecule has 1 radical (unpaired) electrons. The molecule has 0 heterocycles. The quantitative estimate of drug-likeness (QED) is 0.205. The molecule has 0 unspecified atom stereocenters. The molecule has 0 saturated carbocycles. The van der Waals surface area contributed by atoms with Gasteiger partial charge in [0.05, 0.1) is 6.16 Å². The highest BCUT2D eigenvalue weighted by Gasteiger charge is 2.45. The predicted octanol–water partition coefficient (Wildman–Crippen LogP) is 5.98. The van der Waals surface area contributed by atoms with Gasteiger partial charge in [-0.15, -0.1) is 0 Å². The van der Waals surface area contributed by atoms with Crippen molar-refractivity contribution in [2.24, 2.45) is 0 Å². The van der Waals surface area contributed by atoms with Gasteiger partial charge in [-0.05, 0) is 61.8 Å². The van der Waals surface area contributed by atoms with Gasteiger partial charge >= 0.3 is 0 Å². The Morgan fingerprint density at radius 2 is 1.30 bits per heavy atom. The van der Waals surface area contributed by atoms with Crippen molar-refractivity contribution in [1.82, 2.24) is 0 Å². The maximum absolute atomic E-state index is 6.06. The number of rotatable bonds is 11. The second-order valence-electron chi connectivity index (χ2n) is 8.05. The van der Waals surface area contributed by atoms with E-state index < -0.39 is 16.3 Å². The summed E-state index contributed by atoms with van der Waals surface area (Å²) >= 11 is 0. The van der Waals surface area contributed by atoms with E-state index in [-0.39, 0.29) is 0 Å². The standard InChI is InChI=1S/C27H35OPSi/c1-4-5-15-24-16-12-13-21-27(24)29(23-14-22-28-30(2)3,25-17-8-6-9-18-25)26-19-10-7-11-20-26/h6-13,16-21H,4-5,14-15,22-23H2,1-3H3/q+1. The van der Waals surface area contributed by atoms with E-state index in [0.29, 0.717) is 0 Å². The second kappa shape index (κ2) is 11.6. The summed E-state index contributed by atoms with van der Waals surface area (Å²) in [7, 11) is -2.41. The van der Waals surface area contributed by atoms with Crippen LogP contribution in [0.5, 0.6) is 0 Å². The van der Waals surface area contributed by atoms with E-state index in [4.69, 9.17) is 4.43 Å². The van der Waals surface area contributed by atoms with Crippen LogP contribution in [0, 0.1) is 0 Å². The van der Waals surface area contributed by atoms with Crippen molar-refractivity contribution >= 4 is 32.2 Å². The third-order valence-electron chi connectivity index (χ3n) is 5.63. The molecule has 0 spiro atoms. The van der Waals surface area contributed by atoms with E-state index in [1.54, 1.807) is 5.30 Å². The predicted molar refractivity (Wildman–Crippen MR) is 137 cm³/mol. The normalized spacial score (nSPS) is 11.7. The number of hydrogen-bond donors (Lipinski definition) is 0. The van der Waals surface area contributed by atoms with Crippen LogP contribution in [0.4, 0.5) is 0 Å². The first-order chi connectivity index (χ1) is 14.7. The second-order valence-corrected chi connectivity index (χ2v) is 13.7. The highest BCUT2D eigenvalue weighted by molar-refractivity contribution is 7.95. The Labute approximate surface area is 185 Å². The molecule has 0 N–H and O–H groups in total. The first-order valence-corrected chi connectivity index (χ1v) is 15.6. The third kappa shape index (κ3) is 5.49. The molecular weight excluding hydrogens is 399 g/mol. The SMILES string of the molecule is CCCCc1ccccc1[P+](CCCO[Si](C)C)(c1ccccc1)c1ccccc1. The molecule has 0 atom stereocenters. The number of hydrogen-bond acceptors (Lipinski definition) is 1. The Morgan fingerprint density at radius 1 is 0.733 bits per heavy atom. The van der Waals surface area contributed by atoms with Crippen molar-refractivity contribution in [3.8, 4) is 0 Å². The Kier molecular flexibility index (Phi) is 8.87. The highest BCUT2D eigenvalue weighted by atomic mass is 31.2. The van der Waals surface area contributed by atoms with Crippen LogP contribution in [0.1, 0.15) is 31.7 Å². The van der Waals surface area contributed by atoms with Gasteiger partial charge in [-0.25, -0.2) is 0 Å². The van der Waals surface area contributed by atoms with Crippen LogP contribution in [-0.2, 0) is 10.8 Å². The molecular formula is C27H35OPSi+. The zero-order valence-corrected chi connectivity index (χ0v) is 20.6. The number of benzene rings is 3. The largest absolute Gasteiger partial charge is 0.417 e. The Morgan fingerprint density at radius 3 is 1.87 bits per heavy atom. The van der Waals surface area contributed by atoms with Crippen LogP contribution < -0.4 is 15.9 Å². The van der Waals surface area contributed by atoms with Gasteiger partial charge in [-0.3, -0.25) is 0 Å². The van der Waals surface area contributed by atoms with Crippen LogP contribution >= 0.6 is 7.26 Å². The van der Waals surface area contributed by atoms with Crippen LogP contribution in [0.2, 0.25) is 13.1 Å². The fraction of sp³-hybridized carbons (Fsp3) is 0.333. The van der Waals surface area contributed by atoms with Crippen LogP contribution in [-0.4, -0.2) is 21.8 Å². The Hall–Kier alpha value is -1.73. The van der Waals surface area contributed by atoms with E-state index in [1.165, 1.54) is 29.0 Å². The molecule has 0 bridgehead atoms. The van der Waals surface area contributed by atoms with Gasteiger partial charge in [-0.2, -0.15) is 0 Å². The van der Waals surface area contributed by atoms with E-state index in [2.05, 4.69) is 105 Å². The molecule has 3 rings (SSSR count). The maximum atomic E-state index is 6.06. The topological polar surface area (TPSA) is 9.23 Å². The number of unbranched alkanes of at least 4 members (excludes halogenated alkanes) is 1.